The minimum atomic E-state index is -0.326. The lowest BCUT2D eigenvalue weighted by Gasteiger charge is -2.10. The van der Waals surface area contributed by atoms with Gasteiger partial charge in [-0.15, -0.1) is 5.10 Å². The summed E-state index contributed by atoms with van der Waals surface area (Å²) in [6.45, 7) is 2.87. The highest BCUT2D eigenvalue weighted by Gasteiger charge is 2.12. The molecule has 1 heterocycles. The number of hydrogen-bond acceptors (Lipinski definition) is 4. The van der Waals surface area contributed by atoms with Crippen LogP contribution in [0.2, 0.25) is 0 Å². The van der Waals surface area contributed by atoms with Crippen LogP contribution in [-0.4, -0.2) is 28.1 Å². The van der Waals surface area contributed by atoms with Crippen LogP contribution in [0, 0.1) is 0 Å². The standard InChI is InChI=1S/C21H23N3O2/c1-3-4-7-18-14-22-23-24(18)15-16-10-12-17(13-11-16)19-8-5-6-9-20(19)21(25)26-2/h5-6,8-14H,3-4,7,15H2,1-2H3. The second-order valence-electron chi connectivity index (χ2n) is 6.22. The summed E-state index contributed by atoms with van der Waals surface area (Å²) in [5.41, 5.74) is 4.73. The van der Waals surface area contributed by atoms with Gasteiger partial charge in [0.05, 0.1) is 31.1 Å². The zero-order valence-corrected chi connectivity index (χ0v) is 15.2. The van der Waals surface area contributed by atoms with E-state index in [-0.39, 0.29) is 5.97 Å². The van der Waals surface area contributed by atoms with E-state index in [1.165, 1.54) is 7.11 Å². The normalized spacial score (nSPS) is 10.7. The predicted molar refractivity (Wildman–Crippen MR) is 101 cm³/mol. The van der Waals surface area contributed by atoms with Gasteiger partial charge in [0.25, 0.3) is 0 Å². The molecule has 0 N–H and O–H groups in total. The molecule has 1 aromatic heterocycles. The van der Waals surface area contributed by atoms with Crippen molar-refractivity contribution in [1.82, 2.24) is 15.0 Å². The van der Waals surface area contributed by atoms with Crippen molar-refractivity contribution < 1.29 is 9.53 Å². The molecule has 0 amide bonds. The van der Waals surface area contributed by atoms with Crippen LogP contribution in [0.25, 0.3) is 11.1 Å². The number of aryl methyl sites for hydroxylation is 1. The van der Waals surface area contributed by atoms with Gasteiger partial charge in [-0.1, -0.05) is 61.0 Å². The Morgan fingerprint density at radius 1 is 1.12 bits per heavy atom. The molecule has 0 atom stereocenters. The second-order valence-corrected chi connectivity index (χ2v) is 6.22. The molecule has 0 spiro atoms. The lowest BCUT2D eigenvalue weighted by atomic mass is 9.98. The Balaban J connectivity index is 1.80. The molecule has 3 rings (SSSR count). The summed E-state index contributed by atoms with van der Waals surface area (Å²) >= 11 is 0. The number of nitrogens with zero attached hydrogens (tertiary/aromatic N) is 3. The number of hydrogen-bond donors (Lipinski definition) is 0. The van der Waals surface area contributed by atoms with Gasteiger partial charge in [0.2, 0.25) is 0 Å². The first-order chi connectivity index (χ1) is 12.7. The first-order valence-corrected chi connectivity index (χ1v) is 8.87. The van der Waals surface area contributed by atoms with Crippen molar-refractivity contribution in [2.24, 2.45) is 0 Å². The van der Waals surface area contributed by atoms with Gasteiger partial charge in [0.1, 0.15) is 0 Å². The van der Waals surface area contributed by atoms with Crippen LogP contribution >= 0.6 is 0 Å². The van der Waals surface area contributed by atoms with Crippen LogP contribution in [0.15, 0.2) is 54.7 Å². The van der Waals surface area contributed by atoms with Gasteiger partial charge in [-0.25, -0.2) is 9.48 Å². The highest BCUT2D eigenvalue weighted by atomic mass is 16.5. The Labute approximate surface area is 153 Å². The predicted octanol–water partition coefficient (Wildman–Crippen LogP) is 4.12. The minimum absolute atomic E-state index is 0.326. The highest BCUT2D eigenvalue weighted by molar-refractivity contribution is 5.97. The number of methoxy groups -OCH3 is 1. The van der Waals surface area contributed by atoms with Crippen LogP contribution in [0.3, 0.4) is 0 Å². The Morgan fingerprint density at radius 2 is 1.88 bits per heavy atom. The van der Waals surface area contributed by atoms with Gasteiger partial charge in [-0.3, -0.25) is 0 Å². The van der Waals surface area contributed by atoms with E-state index >= 15 is 0 Å². The topological polar surface area (TPSA) is 57.0 Å². The number of carbonyl (C=O) groups excluding carboxylic acids is 1. The van der Waals surface area contributed by atoms with Crippen molar-refractivity contribution in [3.05, 3.63) is 71.5 Å². The third kappa shape index (κ3) is 3.99. The Morgan fingerprint density at radius 3 is 2.62 bits per heavy atom. The fraction of sp³-hybridized carbons (Fsp3) is 0.286. The summed E-state index contributed by atoms with van der Waals surface area (Å²) in [4.78, 5) is 12.0. The maximum absolute atomic E-state index is 12.0. The second kappa shape index (κ2) is 8.43. The van der Waals surface area contributed by atoms with Crippen molar-refractivity contribution >= 4 is 5.97 Å². The van der Waals surface area contributed by atoms with Crippen molar-refractivity contribution in [1.29, 1.82) is 0 Å². The molecule has 0 fully saturated rings. The minimum Gasteiger partial charge on any atom is -0.465 e. The Kier molecular flexibility index (Phi) is 5.79. The van der Waals surface area contributed by atoms with E-state index in [0.29, 0.717) is 12.1 Å². The molecule has 5 heteroatoms. The molecule has 2 aromatic carbocycles. The molecule has 5 nitrogen and oxygen atoms in total. The van der Waals surface area contributed by atoms with Gasteiger partial charge in [0, 0.05) is 0 Å². The monoisotopic (exact) mass is 349 g/mol. The molecule has 26 heavy (non-hydrogen) atoms. The van der Waals surface area contributed by atoms with Crippen LogP contribution in [0.5, 0.6) is 0 Å². The lowest BCUT2D eigenvalue weighted by molar-refractivity contribution is 0.0601. The number of aromatic nitrogens is 3. The third-order valence-corrected chi connectivity index (χ3v) is 4.41. The SMILES string of the molecule is CCCCc1cnnn1Cc1ccc(-c2ccccc2C(=O)OC)cc1. The zero-order valence-electron chi connectivity index (χ0n) is 15.2. The number of benzene rings is 2. The lowest BCUT2D eigenvalue weighted by Crippen LogP contribution is -2.06. The van der Waals surface area contributed by atoms with E-state index in [0.717, 1.165) is 41.6 Å². The summed E-state index contributed by atoms with van der Waals surface area (Å²) in [6, 6.07) is 15.7. The van der Waals surface area contributed by atoms with E-state index < -0.39 is 0 Å². The van der Waals surface area contributed by atoms with E-state index in [9.17, 15) is 4.79 Å². The maximum Gasteiger partial charge on any atom is 0.338 e. The first kappa shape index (κ1) is 17.9. The fourth-order valence-electron chi connectivity index (χ4n) is 2.95. The van der Waals surface area contributed by atoms with Gasteiger partial charge in [0.15, 0.2) is 0 Å². The molecule has 0 saturated carbocycles. The average molecular weight is 349 g/mol. The van der Waals surface area contributed by atoms with Crippen LogP contribution in [-0.2, 0) is 17.7 Å². The summed E-state index contributed by atoms with van der Waals surface area (Å²) in [5, 5.41) is 8.24. The van der Waals surface area contributed by atoms with Gasteiger partial charge >= 0.3 is 5.97 Å². The molecule has 134 valence electrons. The van der Waals surface area contributed by atoms with E-state index in [2.05, 4.69) is 29.4 Å². The van der Waals surface area contributed by atoms with Crippen molar-refractivity contribution in [3.8, 4) is 11.1 Å². The molecule has 0 saturated heterocycles. The van der Waals surface area contributed by atoms with Crippen LogP contribution in [0.1, 0.15) is 41.4 Å². The average Bonchev–Trinajstić information content (AvgIpc) is 3.13. The Bertz CT molecular complexity index is 869. The smallest absolute Gasteiger partial charge is 0.338 e. The van der Waals surface area contributed by atoms with Crippen LogP contribution < -0.4 is 0 Å². The number of ether oxygens (including phenoxy) is 1. The molecule has 0 aliphatic rings. The largest absolute Gasteiger partial charge is 0.465 e. The molecule has 0 radical (unpaired) electrons. The molecular weight excluding hydrogens is 326 g/mol. The molecule has 3 aromatic rings. The van der Waals surface area contributed by atoms with Crippen molar-refractivity contribution in [2.75, 3.05) is 7.11 Å². The van der Waals surface area contributed by atoms with E-state index in [1.54, 1.807) is 6.07 Å². The summed E-state index contributed by atoms with van der Waals surface area (Å²) in [7, 11) is 1.40. The highest BCUT2D eigenvalue weighted by Crippen LogP contribution is 2.25. The van der Waals surface area contributed by atoms with Gasteiger partial charge in [-0.2, -0.15) is 0 Å². The van der Waals surface area contributed by atoms with Crippen LogP contribution in [0.4, 0.5) is 0 Å². The molecular formula is C21H23N3O2. The van der Waals surface area contributed by atoms with E-state index in [1.807, 2.05) is 41.2 Å². The third-order valence-electron chi connectivity index (χ3n) is 4.41. The maximum atomic E-state index is 12.0. The summed E-state index contributed by atoms with van der Waals surface area (Å²) in [6.07, 6.45) is 5.13. The number of rotatable bonds is 7. The summed E-state index contributed by atoms with van der Waals surface area (Å²) in [5.74, 6) is -0.326. The molecule has 0 bridgehead atoms. The number of carbonyl (C=O) groups is 1. The van der Waals surface area contributed by atoms with E-state index in [4.69, 9.17) is 4.74 Å². The van der Waals surface area contributed by atoms with Gasteiger partial charge in [-0.05, 0) is 35.6 Å². The molecule has 0 unspecified atom stereocenters. The summed E-state index contributed by atoms with van der Waals surface area (Å²) < 4.78 is 6.83. The molecule has 0 aliphatic heterocycles. The van der Waals surface area contributed by atoms with Crippen molar-refractivity contribution in [2.45, 2.75) is 32.7 Å². The van der Waals surface area contributed by atoms with Crippen molar-refractivity contribution in [3.63, 3.8) is 0 Å². The Hall–Kier alpha value is -2.95. The first-order valence-electron chi connectivity index (χ1n) is 8.87. The number of unbranched alkanes of at least 4 members (excludes halogenated alkanes) is 1. The fourth-order valence-corrected chi connectivity index (χ4v) is 2.95. The zero-order chi connectivity index (χ0) is 18.4. The van der Waals surface area contributed by atoms with Gasteiger partial charge < -0.3 is 4.74 Å². The quantitative estimate of drug-likeness (QED) is 0.602. The molecule has 0 aliphatic carbocycles. The number of esters is 1.